The second kappa shape index (κ2) is 9.01. The summed E-state index contributed by atoms with van der Waals surface area (Å²) in [6.45, 7) is 9.65. The molecule has 4 rings (SSSR count). The molecule has 26 heavy (non-hydrogen) atoms. The van der Waals surface area contributed by atoms with Gasteiger partial charge in [-0.1, -0.05) is 23.3 Å². The Morgan fingerprint density at radius 2 is 1.69 bits per heavy atom. The van der Waals surface area contributed by atoms with Gasteiger partial charge < -0.3 is 10.6 Å². The molecule has 4 aliphatic rings. The van der Waals surface area contributed by atoms with Crippen molar-refractivity contribution in [1.29, 1.82) is 0 Å². The van der Waals surface area contributed by atoms with Crippen LogP contribution in [0.15, 0.2) is 23.3 Å². The fourth-order valence-electron chi connectivity index (χ4n) is 5.82. The summed E-state index contributed by atoms with van der Waals surface area (Å²) in [7, 11) is 0. The highest BCUT2D eigenvalue weighted by atomic mass is 19.1. The fourth-order valence-corrected chi connectivity index (χ4v) is 5.82. The molecule has 148 valence electrons. The van der Waals surface area contributed by atoms with Gasteiger partial charge in [-0.25, -0.2) is 4.39 Å². The van der Waals surface area contributed by atoms with Gasteiger partial charge in [0.25, 0.3) is 0 Å². The summed E-state index contributed by atoms with van der Waals surface area (Å²) in [4.78, 5) is 0. The predicted octanol–water partition coefficient (Wildman–Crippen LogP) is 5.17. The first kappa shape index (κ1) is 20.1. The van der Waals surface area contributed by atoms with Gasteiger partial charge in [-0.05, 0) is 96.4 Å². The van der Waals surface area contributed by atoms with E-state index in [0.29, 0.717) is 23.8 Å². The van der Waals surface area contributed by atoms with E-state index >= 15 is 0 Å². The molecule has 0 spiro atoms. The van der Waals surface area contributed by atoms with E-state index in [-0.39, 0.29) is 0 Å². The van der Waals surface area contributed by atoms with Crippen molar-refractivity contribution in [3.8, 4) is 0 Å². The third-order valence-corrected chi connectivity index (χ3v) is 6.79. The van der Waals surface area contributed by atoms with Crippen LogP contribution in [0.3, 0.4) is 0 Å². The van der Waals surface area contributed by atoms with Crippen LogP contribution in [0.1, 0.15) is 72.1 Å². The minimum Gasteiger partial charge on any atom is -0.315 e. The number of nitrogens with one attached hydrogen (secondary N) is 2. The molecule has 0 aromatic heterocycles. The molecule has 2 unspecified atom stereocenters. The summed E-state index contributed by atoms with van der Waals surface area (Å²) in [5, 5.41) is 7.32. The van der Waals surface area contributed by atoms with Crippen molar-refractivity contribution in [2.75, 3.05) is 19.6 Å². The van der Waals surface area contributed by atoms with E-state index in [9.17, 15) is 4.39 Å². The molecule has 0 aliphatic heterocycles. The first-order valence-electron chi connectivity index (χ1n) is 10.9. The zero-order valence-electron chi connectivity index (χ0n) is 17.1. The van der Waals surface area contributed by atoms with Crippen LogP contribution in [0.25, 0.3) is 0 Å². The Labute approximate surface area is 160 Å². The van der Waals surface area contributed by atoms with Crippen molar-refractivity contribution in [2.45, 2.75) is 83.8 Å². The van der Waals surface area contributed by atoms with Crippen LogP contribution in [0.2, 0.25) is 0 Å². The first-order chi connectivity index (χ1) is 12.5. The summed E-state index contributed by atoms with van der Waals surface area (Å²) in [5.74, 6) is 1.87. The lowest BCUT2D eigenvalue weighted by Crippen LogP contribution is -2.59. The zero-order chi connectivity index (χ0) is 18.6. The highest BCUT2D eigenvalue weighted by molar-refractivity contribution is 5.08. The van der Waals surface area contributed by atoms with Crippen LogP contribution in [-0.2, 0) is 0 Å². The maximum Gasteiger partial charge on any atom is 0.112 e. The quantitative estimate of drug-likeness (QED) is 0.414. The summed E-state index contributed by atoms with van der Waals surface area (Å²) < 4.78 is 14.7. The number of hydrogen-bond donors (Lipinski definition) is 2. The molecule has 4 bridgehead atoms. The van der Waals surface area contributed by atoms with E-state index in [1.54, 1.807) is 0 Å². The van der Waals surface area contributed by atoms with Crippen LogP contribution in [0.5, 0.6) is 0 Å². The van der Waals surface area contributed by atoms with Gasteiger partial charge in [0, 0.05) is 19.1 Å². The normalized spacial score (nSPS) is 35.8. The molecule has 0 amide bonds. The van der Waals surface area contributed by atoms with E-state index in [1.165, 1.54) is 30.4 Å². The molecule has 0 saturated heterocycles. The molecule has 0 heterocycles. The number of alkyl halides is 1. The SMILES string of the molecule is CC(C)=CCC/C(C)=C/CCNCCNC1C2CC3CC1CC(F)(C3)C2. The smallest absolute Gasteiger partial charge is 0.112 e. The predicted molar refractivity (Wildman–Crippen MR) is 109 cm³/mol. The average molecular weight is 363 g/mol. The number of allylic oxidation sites excluding steroid dienone is 3. The highest BCUT2D eigenvalue weighted by Crippen LogP contribution is 2.57. The van der Waals surface area contributed by atoms with Gasteiger partial charge in [0.2, 0.25) is 0 Å². The van der Waals surface area contributed by atoms with Crippen LogP contribution in [-0.4, -0.2) is 31.3 Å². The second-order valence-electron chi connectivity index (χ2n) is 9.51. The van der Waals surface area contributed by atoms with Crippen LogP contribution >= 0.6 is 0 Å². The van der Waals surface area contributed by atoms with E-state index in [4.69, 9.17) is 0 Å². The topological polar surface area (TPSA) is 24.1 Å². The summed E-state index contributed by atoms with van der Waals surface area (Å²) in [6.07, 6.45) is 13.2. The second-order valence-corrected chi connectivity index (χ2v) is 9.51. The van der Waals surface area contributed by atoms with Crippen molar-refractivity contribution >= 4 is 0 Å². The van der Waals surface area contributed by atoms with E-state index < -0.39 is 5.67 Å². The molecule has 4 aliphatic carbocycles. The van der Waals surface area contributed by atoms with Gasteiger partial charge in [0.05, 0.1) is 0 Å². The monoisotopic (exact) mass is 362 g/mol. The molecule has 0 aromatic rings. The summed E-state index contributed by atoms with van der Waals surface area (Å²) in [6, 6.07) is 0.578. The molecule has 4 fully saturated rings. The zero-order valence-corrected chi connectivity index (χ0v) is 17.1. The largest absolute Gasteiger partial charge is 0.315 e. The van der Waals surface area contributed by atoms with E-state index in [0.717, 1.165) is 51.7 Å². The van der Waals surface area contributed by atoms with Crippen molar-refractivity contribution < 1.29 is 4.39 Å². The average Bonchev–Trinajstić information content (AvgIpc) is 2.54. The third kappa shape index (κ3) is 5.42. The third-order valence-electron chi connectivity index (χ3n) is 6.79. The van der Waals surface area contributed by atoms with Gasteiger partial charge in [0.1, 0.15) is 5.67 Å². The summed E-state index contributed by atoms with van der Waals surface area (Å²) in [5.41, 5.74) is 2.10. The molecule has 0 aromatic carbocycles. The van der Waals surface area contributed by atoms with Crippen LogP contribution in [0.4, 0.5) is 4.39 Å². The minimum absolute atomic E-state index is 0.578. The molecular formula is C23H39FN2. The molecule has 2 N–H and O–H groups in total. The number of hydrogen-bond acceptors (Lipinski definition) is 2. The Kier molecular flexibility index (Phi) is 6.96. The van der Waals surface area contributed by atoms with Crippen molar-refractivity contribution in [2.24, 2.45) is 17.8 Å². The van der Waals surface area contributed by atoms with Crippen LogP contribution in [0, 0.1) is 17.8 Å². The van der Waals surface area contributed by atoms with Crippen molar-refractivity contribution in [1.82, 2.24) is 10.6 Å². The first-order valence-corrected chi connectivity index (χ1v) is 10.9. The van der Waals surface area contributed by atoms with E-state index in [1.807, 2.05) is 0 Å². The molecule has 3 heteroatoms. The molecule has 0 radical (unpaired) electrons. The Balaban J connectivity index is 1.26. The Hall–Kier alpha value is -0.670. The molecule has 4 saturated carbocycles. The van der Waals surface area contributed by atoms with Gasteiger partial charge in [0.15, 0.2) is 0 Å². The maximum atomic E-state index is 14.7. The molecule has 2 atom stereocenters. The fraction of sp³-hybridized carbons (Fsp3) is 0.826. The lowest BCUT2D eigenvalue weighted by atomic mass is 9.53. The minimum atomic E-state index is -0.803. The van der Waals surface area contributed by atoms with Gasteiger partial charge >= 0.3 is 0 Å². The van der Waals surface area contributed by atoms with Gasteiger partial charge in [-0.15, -0.1) is 0 Å². The van der Waals surface area contributed by atoms with Crippen LogP contribution < -0.4 is 10.6 Å². The standard InChI is InChI=1S/C23H39FN2/c1-17(2)6-4-7-18(3)8-5-9-25-10-11-26-22-20-12-19-13-21(22)16-23(24,14-19)15-20/h6,8,19-22,25-26H,4-5,7,9-16H2,1-3H3/b18-8+. The van der Waals surface area contributed by atoms with Gasteiger partial charge in [-0.2, -0.15) is 0 Å². The maximum absolute atomic E-state index is 14.7. The molecule has 2 nitrogen and oxygen atoms in total. The van der Waals surface area contributed by atoms with E-state index in [2.05, 4.69) is 43.6 Å². The van der Waals surface area contributed by atoms with Crippen molar-refractivity contribution in [3.63, 3.8) is 0 Å². The lowest BCUT2D eigenvalue weighted by molar-refractivity contribution is -0.0925. The Morgan fingerprint density at radius 3 is 2.35 bits per heavy atom. The lowest BCUT2D eigenvalue weighted by Gasteiger charge is -2.57. The molecular weight excluding hydrogens is 323 g/mol. The van der Waals surface area contributed by atoms with Crippen molar-refractivity contribution in [3.05, 3.63) is 23.3 Å². The Bertz CT molecular complexity index is 504. The highest BCUT2D eigenvalue weighted by Gasteiger charge is 2.55. The summed E-state index contributed by atoms with van der Waals surface area (Å²) >= 11 is 0. The number of halogens is 1. The van der Waals surface area contributed by atoms with Gasteiger partial charge in [-0.3, -0.25) is 0 Å². The number of rotatable bonds is 10. The Morgan fingerprint density at radius 1 is 0.962 bits per heavy atom.